The van der Waals surface area contributed by atoms with Crippen LogP contribution < -0.4 is 30.4 Å². The zero-order valence-corrected chi connectivity index (χ0v) is 33.0. The molecule has 2 aliphatic heterocycles. The number of nitrogens with zero attached hydrogens (tertiary/aromatic N) is 2. The van der Waals surface area contributed by atoms with Gasteiger partial charge in [-0.3, -0.25) is 9.59 Å². The van der Waals surface area contributed by atoms with Gasteiger partial charge >= 0.3 is 0 Å². The highest BCUT2D eigenvalue weighted by Crippen LogP contribution is 2.56. The molecule has 4 aliphatic rings. The second-order valence-electron chi connectivity index (χ2n) is 17.1. The Bertz CT molecular complexity index is 1670. The topological polar surface area (TPSA) is 159 Å². The molecule has 2 amide bonds. The SMILES string of the molecule is COc1cc(C(=O)N2CC3(CC3)C[C@H]2CO)c(N)cc1OCCCOc1cc(N)c(C(=O)N2CC3(CC3)C[C@H]2CO[Si](C)(C)C(C)(C)C)cc1OC. The van der Waals surface area contributed by atoms with Gasteiger partial charge in [0.15, 0.2) is 31.3 Å². The average molecular weight is 739 g/mol. The van der Waals surface area contributed by atoms with Gasteiger partial charge in [-0.05, 0) is 79.6 Å². The molecule has 2 aliphatic carbocycles. The number of hydrogen-bond acceptors (Lipinski definition) is 10. The molecule has 4 fully saturated rings. The van der Waals surface area contributed by atoms with Crippen LogP contribution in [-0.2, 0) is 4.43 Å². The third-order valence-corrected chi connectivity index (χ3v) is 16.8. The summed E-state index contributed by atoms with van der Waals surface area (Å²) in [4.78, 5) is 31.2. The van der Waals surface area contributed by atoms with Gasteiger partial charge < -0.3 is 49.7 Å². The number of aliphatic hydroxyl groups excluding tert-OH is 1. The van der Waals surface area contributed by atoms with Crippen molar-refractivity contribution in [2.24, 2.45) is 10.8 Å². The smallest absolute Gasteiger partial charge is 0.256 e. The molecule has 2 saturated carbocycles. The van der Waals surface area contributed by atoms with Crippen LogP contribution in [0.25, 0.3) is 0 Å². The Kier molecular flexibility index (Phi) is 10.4. The van der Waals surface area contributed by atoms with Crippen LogP contribution in [0.2, 0.25) is 18.1 Å². The van der Waals surface area contributed by atoms with E-state index >= 15 is 0 Å². The fourth-order valence-corrected chi connectivity index (χ4v) is 8.56. The number of methoxy groups -OCH3 is 2. The van der Waals surface area contributed by atoms with Crippen LogP contribution >= 0.6 is 0 Å². The van der Waals surface area contributed by atoms with Gasteiger partial charge in [-0.15, -0.1) is 0 Å². The molecule has 2 atom stereocenters. The normalized spacial score (nSPS) is 21.5. The van der Waals surface area contributed by atoms with E-state index in [9.17, 15) is 14.7 Å². The summed E-state index contributed by atoms with van der Waals surface area (Å²) in [7, 11) is 1.08. The molecule has 0 aromatic heterocycles. The first-order chi connectivity index (χ1) is 24.5. The first kappa shape index (κ1) is 38.1. The van der Waals surface area contributed by atoms with Gasteiger partial charge in [0, 0.05) is 43.0 Å². The van der Waals surface area contributed by atoms with E-state index in [0.717, 1.165) is 45.1 Å². The zero-order valence-electron chi connectivity index (χ0n) is 32.0. The van der Waals surface area contributed by atoms with Crippen molar-refractivity contribution in [2.75, 3.05) is 65.2 Å². The number of carbonyl (C=O) groups is 2. The molecule has 2 aromatic rings. The van der Waals surface area contributed by atoms with Gasteiger partial charge in [-0.1, -0.05) is 20.8 Å². The maximum atomic E-state index is 14.0. The quantitative estimate of drug-likeness (QED) is 0.124. The standard InChI is InChI=1S/C39H58N4O8Si/c1-37(2,3)52(6,7)51-22-26-20-39(11-12-39)24-43(26)36(46)28-16-32(48-5)34(18-30(28)41)50-14-8-13-49-33-17-29(40)27(15-31(33)47-4)35(45)42-23-38(9-10-38)19-25(42)21-44/h15-18,25-26,44H,8-14,19-24,40-41H2,1-7H3/t25-,26-/m0/s1. The lowest BCUT2D eigenvalue weighted by Crippen LogP contribution is -2.46. The number of benzene rings is 2. The molecule has 2 aromatic carbocycles. The van der Waals surface area contributed by atoms with Crippen LogP contribution in [0.5, 0.6) is 23.0 Å². The number of anilines is 2. The van der Waals surface area contributed by atoms with Crippen molar-refractivity contribution >= 4 is 31.5 Å². The van der Waals surface area contributed by atoms with E-state index in [1.165, 1.54) is 7.11 Å². The monoisotopic (exact) mass is 738 g/mol. The summed E-state index contributed by atoms with van der Waals surface area (Å²) in [5, 5.41) is 10.00. The molecular formula is C39H58N4O8Si. The van der Waals surface area contributed by atoms with Crippen molar-refractivity contribution < 1.29 is 38.1 Å². The van der Waals surface area contributed by atoms with Crippen LogP contribution in [0.15, 0.2) is 24.3 Å². The predicted octanol–water partition coefficient (Wildman–Crippen LogP) is 5.72. The summed E-state index contributed by atoms with van der Waals surface area (Å²) in [5.74, 6) is 1.37. The number of nitrogen functional groups attached to an aromatic ring is 2. The van der Waals surface area contributed by atoms with E-state index in [1.54, 1.807) is 36.3 Å². The minimum absolute atomic E-state index is 0.00895. The lowest BCUT2D eigenvalue weighted by Gasteiger charge is -2.38. The highest BCUT2D eigenvalue weighted by Gasteiger charge is 2.54. The molecule has 2 spiro atoms. The predicted molar refractivity (Wildman–Crippen MR) is 203 cm³/mol. The number of nitrogens with two attached hydrogens (primary N) is 2. The van der Waals surface area contributed by atoms with Gasteiger partial charge in [0.1, 0.15) is 0 Å². The fourth-order valence-electron chi connectivity index (χ4n) is 7.52. The average Bonchev–Trinajstić information content (AvgIpc) is 3.96. The fraction of sp³-hybridized carbons (Fsp3) is 0.641. The second kappa shape index (κ2) is 14.3. The molecule has 0 unspecified atom stereocenters. The van der Waals surface area contributed by atoms with Crippen molar-refractivity contribution in [3.8, 4) is 23.0 Å². The number of hydrogen-bond donors (Lipinski definition) is 3. The lowest BCUT2D eigenvalue weighted by atomic mass is 10.0. The third-order valence-electron chi connectivity index (χ3n) is 12.3. The third kappa shape index (κ3) is 7.68. The van der Waals surface area contributed by atoms with E-state index in [4.69, 9.17) is 34.8 Å². The van der Waals surface area contributed by atoms with E-state index in [0.29, 0.717) is 59.4 Å². The van der Waals surface area contributed by atoms with Crippen LogP contribution in [-0.4, -0.2) is 101 Å². The Balaban J connectivity index is 1.05. The van der Waals surface area contributed by atoms with E-state index in [-0.39, 0.29) is 65.3 Å². The number of amides is 2. The van der Waals surface area contributed by atoms with Crippen molar-refractivity contribution in [1.29, 1.82) is 0 Å². The van der Waals surface area contributed by atoms with Gasteiger partial charge in [-0.25, -0.2) is 0 Å². The molecule has 0 radical (unpaired) electrons. The number of likely N-dealkylation sites (tertiary alicyclic amines) is 2. The van der Waals surface area contributed by atoms with Crippen LogP contribution in [0, 0.1) is 10.8 Å². The maximum absolute atomic E-state index is 14.0. The van der Waals surface area contributed by atoms with E-state index in [1.807, 2.05) is 4.90 Å². The number of rotatable bonds is 14. The largest absolute Gasteiger partial charge is 0.493 e. The zero-order chi connectivity index (χ0) is 37.6. The van der Waals surface area contributed by atoms with Crippen molar-refractivity contribution in [3.05, 3.63) is 35.4 Å². The highest BCUT2D eigenvalue weighted by molar-refractivity contribution is 6.74. The van der Waals surface area contributed by atoms with Gasteiger partial charge in [0.05, 0.1) is 63.9 Å². The summed E-state index contributed by atoms with van der Waals surface area (Å²) in [6, 6.07) is 6.37. The van der Waals surface area contributed by atoms with Gasteiger partial charge in [0.2, 0.25) is 0 Å². The molecular weight excluding hydrogens is 681 g/mol. The summed E-state index contributed by atoms with van der Waals surface area (Å²) >= 11 is 0. The Labute approximate surface area is 309 Å². The van der Waals surface area contributed by atoms with Gasteiger partial charge in [0.25, 0.3) is 11.8 Å². The lowest BCUT2D eigenvalue weighted by molar-refractivity contribution is 0.0671. The first-order valence-corrected chi connectivity index (χ1v) is 21.5. The molecule has 13 heteroatoms. The maximum Gasteiger partial charge on any atom is 0.256 e. The minimum atomic E-state index is -1.98. The van der Waals surface area contributed by atoms with Crippen molar-refractivity contribution in [1.82, 2.24) is 9.80 Å². The van der Waals surface area contributed by atoms with Crippen LogP contribution in [0.3, 0.4) is 0 Å². The first-order valence-electron chi connectivity index (χ1n) is 18.6. The Morgan fingerprint density at radius 3 is 1.63 bits per heavy atom. The van der Waals surface area contributed by atoms with Crippen LogP contribution in [0.4, 0.5) is 11.4 Å². The number of aliphatic hydroxyl groups is 1. The van der Waals surface area contributed by atoms with Crippen molar-refractivity contribution in [3.63, 3.8) is 0 Å². The van der Waals surface area contributed by atoms with Gasteiger partial charge in [-0.2, -0.15) is 0 Å². The number of carbonyl (C=O) groups excluding carboxylic acids is 2. The Hall–Kier alpha value is -3.68. The summed E-state index contributed by atoms with van der Waals surface area (Å²) < 4.78 is 29.9. The summed E-state index contributed by atoms with van der Waals surface area (Å²) in [6.07, 6.45) is 6.73. The number of ether oxygens (including phenoxy) is 4. The molecule has 12 nitrogen and oxygen atoms in total. The summed E-state index contributed by atoms with van der Waals surface area (Å²) in [6.45, 7) is 13.6. The van der Waals surface area contributed by atoms with Crippen molar-refractivity contribution in [2.45, 2.75) is 95.9 Å². The molecule has 286 valence electrons. The van der Waals surface area contributed by atoms with Crippen LogP contribution in [0.1, 0.15) is 86.4 Å². The molecule has 52 heavy (non-hydrogen) atoms. The molecule has 6 rings (SSSR count). The molecule has 0 bridgehead atoms. The Morgan fingerprint density at radius 1 is 0.788 bits per heavy atom. The second-order valence-corrected chi connectivity index (χ2v) is 21.9. The highest BCUT2D eigenvalue weighted by atomic mass is 28.4. The van der Waals surface area contributed by atoms with E-state index in [2.05, 4.69) is 33.9 Å². The Morgan fingerprint density at radius 2 is 1.23 bits per heavy atom. The molecule has 2 saturated heterocycles. The van der Waals surface area contributed by atoms with E-state index < -0.39 is 8.32 Å². The molecule has 5 N–H and O–H groups in total. The summed E-state index contributed by atoms with van der Waals surface area (Å²) in [5.41, 5.74) is 14.6. The minimum Gasteiger partial charge on any atom is -0.493 e. The molecule has 2 heterocycles.